The van der Waals surface area contributed by atoms with Crippen LogP contribution in [0.15, 0.2) is 78.9 Å². The van der Waals surface area contributed by atoms with Gasteiger partial charge in [-0.05, 0) is 55.3 Å². The van der Waals surface area contributed by atoms with Crippen LogP contribution in [0, 0.1) is 13.8 Å². The number of aromatic nitrogens is 3. The molecule has 0 bridgehead atoms. The highest BCUT2D eigenvalue weighted by molar-refractivity contribution is 6.30. The van der Waals surface area contributed by atoms with Crippen LogP contribution in [0.3, 0.4) is 0 Å². The van der Waals surface area contributed by atoms with Gasteiger partial charge in [0.05, 0.1) is 0 Å². The van der Waals surface area contributed by atoms with Crippen LogP contribution in [0.5, 0.6) is 0 Å². The zero-order chi connectivity index (χ0) is 22.9. The van der Waals surface area contributed by atoms with Gasteiger partial charge in [-0.25, -0.2) is 4.68 Å². The predicted octanol–water partition coefficient (Wildman–Crippen LogP) is 5.86. The Morgan fingerprint density at radius 3 is 2.48 bits per heavy atom. The van der Waals surface area contributed by atoms with Crippen molar-refractivity contribution < 1.29 is 4.79 Å². The predicted molar refractivity (Wildman–Crippen MR) is 132 cm³/mol. The van der Waals surface area contributed by atoms with Gasteiger partial charge in [0.25, 0.3) is 11.9 Å². The zero-order valence-corrected chi connectivity index (χ0v) is 19.0. The molecule has 2 N–H and O–H groups in total. The fourth-order valence-corrected chi connectivity index (χ4v) is 3.93. The van der Waals surface area contributed by atoms with Crippen LogP contribution in [-0.4, -0.2) is 20.7 Å². The molecule has 1 aromatic heterocycles. The first-order valence-electron chi connectivity index (χ1n) is 10.6. The minimum atomic E-state index is -0.253. The lowest BCUT2D eigenvalue weighted by molar-refractivity contribution is 0.102. The first-order chi connectivity index (χ1) is 16.0. The Labute approximate surface area is 196 Å². The monoisotopic (exact) mass is 455 g/mol. The SMILES string of the molecule is Cc1ccc(C2=C[C@@H](c3ccc(Cl)cc3)n3nc(NC(=O)c4cccc(C)c4)nc3N2)cc1. The Balaban J connectivity index is 1.51. The average Bonchev–Trinajstić information content (AvgIpc) is 3.22. The first kappa shape index (κ1) is 21.0. The number of hydrogen-bond donors (Lipinski definition) is 2. The highest BCUT2D eigenvalue weighted by atomic mass is 35.5. The van der Waals surface area contributed by atoms with Gasteiger partial charge in [0.1, 0.15) is 6.04 Å². The standard InChI is InChI=1S/C26H22ClN5O/c1-16-6-8-18(9-7-16)22-15-23(19-10-12-21(27)13-11-19)32-26(28-22)30-25(31-32)29-24(33)20-5-3-4-17(2)14-20/h3-15,23H,1-2H3,(H2,28,29,30,31,33)/t23-/m0/s1. The number of allylic oxidation sites excluding steroid dienone is 1. The second kappa shape index (κ2) is 8.56. The Hall–Kier alpha value is -3.90. The Morgan fingerprint density at radius 1 is 1.00 bits per heavy atom. The first-order valence-corrected chi connectivity index (χ1v) is 11.0. The summed E-state index contributed by atoms with van der Waals surface area (Å²) in [6, 6.07) is 23.1. The lowest BCUT2D eigenvalue weighted by Crippen LogP contribution is -2.20. The molecule has 0 radical (unpaired) electrons. The maximum Gasteiger partial charge on any atom is 0.258 e. The third-order valence-electron chi connectivity index (χ3n) is 5.55. The summed E-state index contributed by atoms with van der Waals surface area (Å²) in [5, 5.41) is 11.4. The summed E-state index contributed by atoms with van der Waals surface area (Å²) in [6.07, 6.45) is 2.10. The molecule has 33 heavy (non-hydrogen) atoms. The quantitative estimate of drug-likeness (QED) is 0.404. The van der Waals surface area contributed by atoms with Crippen molar-refractivity contribution in [2.75, 3.05) is 10.6 Å². The molecule has 5 rings (SSSR count). The number of nitrogens with zero attached hydrogens (tertiary/aromatic N) is 3. The zero-order valence-electron chi connectivity index (χ0n) is 18.2. The number of anilines is 2. The van der Waals surface area contributed by atoms with Gasteiger partial charge in [-0.2, -0.15) is 4.98 Å². The fourth-order valence-electron chi connectivity index (χ4n) is 3.80. The second-order valence-electron chi connectivity index (χ2n) is 8.09. The van der Waals surface area contributed by atoms with Gasteiger partial charge in [-0.3, -0.25) is 10.1 Å². The lowest BCUT2D eigenvalue weighted by Gasteiger charge is -2.24. The number of nitrogens with one attached hydrogen (secondary N) is 2. The molecule has 6 nitrogen and oxygen atoms in total. The highest BCUT2D eigenvalue weighted by Crippen LogP contribution is 2.33. The van der Waals surface area contributed by atoms with Gasteiger partial charge in [0.2, 0.25) is 5.95 Å². The van der Waals surface area contributed by atoms with E-state index in [1.165, 1.54) is 5.56 Å². The molecule has 0 fully saturated rings. The van der Waals surface area contributed by atoms with Crippen molar-refractivity contribution in [3.8, 4) is 0 Å². The average molecular weight is 456 g/mol. The molecule has 0 unspecified atom stereocenters. The summed E-state index contributed by atoms with van der Waals surface area (Å²) in [6.45, 7) is 4.01. The maximum absolute atomic E-state index is 12.7. The summed E-state index contributed by atoms with van der Waals surface area (Å²) in [5.41, 5.74) is 5.73. The van der Waals surface area contributed by atoms with E-state index in [4.69, 9.17) is 11.6 Å². The summed E-state index contributed by atoms with van der Waals surface area (Å²) in [4.78, 5) is 17.3. The van der Waals surface area contributed by atoms with E-state index in [0.717, 1.165) is 22.4 Å². The van der Waals surface area contributed by atoms with Crippen LogP contribution in [0.25, 0.3) is 5.70 Å². The number of benzene rings is 3. The van der Waals surface area contributed by atoms with Gasteiger partial charge in [0, 0.05) is 16.3 Å². The molecule has 4 aromatic rings. The molecule has 1 aliphatic rings. The number of fused-ring (bicyclic) bond motifs is 1. The van der Waals surface area contributed by atoms with Crippen LogP contribution >= 0.6 is 11.6 Å². The van der Waals surface area contributed by atoms with Crippen LogP contribution in [0.2, 0.25) is 5.02 Å². The molecule has 2 heterocycles. The maximum atomic E-state index is 12.7. The van der Waals surface area contributed by atoms with Crippen molar-refractivity contribution in [2.24, 2.45) is 0 Å². The summed E-state index contributed by atoms with van der Waals surface area (Å²) in [7, 11) is 0. The molecule has 0 saturated carbocycles. The molecular formula is C26H22ClN5O. The third kappa shape index (κ3) is 4.38. The molecule has 0 aliphatic carbocycles. The van der Waals surface area contributed by atoms with Gasteiger partial charge in [0.15, 0.2) is 0 Å². The number of carbonyl (C=O) groups is 1. The minimum Gasteiger partial charge on any atom is -0.324 e. The second-order valence-corrected chi connectivity index (χ2v) is 8.53. The number of carbonyl (C=O) groups excluding carboxylic acids is 1. The van der Waals surface area contributed by atoms with Gasteiger partial charge in [-0.1, -0.05) is 71.3 Å². The normalized spacial score (nSPS) is 14.8. The molecule has 164 valence electrons. The van der Waals surface area contributed by atoms with Crippen LogP contribution in [0.1, 0.15) is 38.7 Å². The van der Waals surface area contributed by atoms with Crippen molar-refractivity contribution in [1.82, 2.24) is 14.8 Å². The molecule has 7 heteroatoms. The van der Waals surface area contributed by atoms with Crippen LogP contribution in [-0.2, 0) is 0 Å². The highest BCUT2D eigenvalue weighted by Gasteiger charge is 2.26. The van der Waals surface area contributed by atoms with Crippen LogP contribution in [0.4, 0.5) is 11.9 Å². The summed E-state index contributed by atoms with van der Waals surface area (Å²) in [5.74, 6) is 0.533. The number of hydrogen-bond acceptors (Lipinski definition) is 4. The van der Waals surface area contributed by atoms with Crippen molar-refractivity contribution in [2.45, 2.75) is 19.9 Å². The van der Waals surface area contributed by atoms with Gasteiger partial charge >= 0.3 is 0 Å². The lowest BCUT2D eigenvalue weighted by atomic mass is 10.0. The number of aryl methyl sites for hydroxylation is 2. The number of amides is 1. The van der Waals surface area contributed by atoms with E-state index in [9.17, 15) is 4.79 Å². The molecule has 1 amide bonds. The van der Waals surface area contributed by atoms with E-state index in [1.54, 1.807) is 10.7 Å². The summed E-state index contributed by atoms with van der Waals surface area (Å²) < 4.78 is 1.77. The Bertz CT molecular complexity index is 1360. The van der Waals surface area contributed by atoms with E-state index in [2.05, 4.69) is 58.0 Å². The molecule has 3 aromatic carbocycles. The Morgan fingerprint density at radius 2 is 1.76 bits per heavy atom. The van der Waals surface area contributed by atoms with Crippen molar-refractivity contribution in [1.29, 1.82) is 0 Å². The van der Waals surface area contributed by atoms with Gasteiger partial charge in [-0.15, -0.1) is 5.10 Å². The van der Waals surface area contributed by atoms with E-state index in [1.807, 2.05) is 49.4 Å². The van der Waals surface area contributed by atoms with E-state index in [0.29, 0.717) is 16.5 Å². The largest absolute Gasteiger partial charge is 0.324 e. The smallest absolute Gasteiger partial charge is 0.258 e. The fraction of sp³-hybridized carbons (Fsp3) is 0.115. The van der Waals surface area contributed by atoms with Crippen molar-refractivity contribution >= 4 is 35.1 Å². The van der Waals surface area contributed by atoms with E-state index >= 15 is 0 Å². The number of halogens is 1. The summed E-state index contributed by atoms with van der Waals surface area (Å²) >= 11 is 6.11. The minimum absolute atomic E-state index is 0.216. The van der Waals surface area contributed by atoms with Gasteiger partial charge < -0.3 is 5.32 Å². The molecule has 1 atom stereocenters. The topological polar surface area (TPSA) is 71.8 Å². The van der Waals surface area contributed by atoms with E-state index in [-0.39, 0.29) is 17.9 Å². The molecule has 0 saturated heterocycles. The molecule has 1 aliphatic heterocycles. The third-order valence-corrected chi connectivity index (χ3v) is 5.80. The Kier molecular flexibility index (Phi) is 5.44. The van der Waals surface area contributed by atoms with E-state index < -0.39 is 0 Å². The van der Waals surface area contributed by atoms with Crippen LogP contribution < -0.4 is 10.6 Å². The van der Waals surface area contributed by atoms with Crippen molar-refractivity contribution in [3.63, 3.8) is 0 Å². The van der Waals surface area contributed by atoms with Crippen molar-refractivity contribution in [3.05, 3.63) is 112 Å². The molecular weight excluding hydrogens is 434 g/mol. The molecule has 0 spiro atoms. The number of rotatable bonds is 4.